The van der Waals surface area contributed by atoms with Gasteiger partial charge < -0.3 is 10.0 Å². The van der Waals surface area contributed by atoms with Gasteiger partial charge in [0.25, 0.3) is 0 Å². The molecule has 1 N–H and O–H groups in total. The summed E-state index contributed by atoms with van der Waals surface area (Å²) in [5.41, 5.74) is 2.00. The summed E-state index contributed by atoms with van der Waals surface area (Å²) in [7, 11) is 0. The van der Waals surface area contributed by atoms with E-state index >= 15 is 0 Å². The Labute approximate surface area is 99.7 Å². The highest BCUT2D eigenvalue weighted by molar-refractivity contribution is 5.69. The van der Waals surface area contributed by atoms with E-state index in [1.54, 1.807) is 6.20 Å². The fraction of sp³-hybridized carbons (Fsp3) is 0.500. The maximum absolute atomic E-state index is 9.73. The van der Waals surface area contributed by atoms with Crippen LogP contribution in [0, 0.1) is 6.92 Å². The number of piperidine rings is 1. The van der Waals surface area contributed by atoms with Crippen molar-refractivity contribution in [2.75, 3.05) is 18.0 Å². The highest BCUT2D eigenvalue weighted by atomic mass is 16.3. The van der Waals surface area contributed by atoms with E-state index in [1.165, 1.54) is 0 Å². The minimum atomic E-state index is -0.241. The topological polar surface area (TPSA) is 53.7 Å². The van der Waals surface area contributed by atoms with Crippen LogP contribution in [0.3, 0.4) is 0 Å². The van der Waals surface area contributed by atoms with Gasteiger partial charge in [0.15, 0.2) is 5.82 Å². The molecule has 1 unspecified atom stereocenters. The second-order valence-electron chi connectivity index (χ2n) is 4.61. The van der Waals surface area contributed by atoms with Crippen LogP contribution < -0.4 is 4.90 Å². The maximum atomic E-state index is 9.73. The van der Waals surface area contributed by atoms with Crippen LogP contribution >= 0.6 is 0 Å². The van der Waals surface area contributed by atoms with Gasteiger partial charge in [-0.15, -0.1) is 0 Å². The molecule has 1 saturated heterocycles. The Bertz CT molecular complexity index is 536. The molecule has 0 saturated carbocycles. The smallest absolute Gasteiger partial charge is 0.154 e. The molecule has 2 aromatic heterocycles. The molecule has 1 atom stereocenters. The Morgan fingerprint density at radius 2 is 2.35 bits per heavy atom. The molecule has 0 radical (unpaired) electrons. The summed E-state index contributed by atoms with van der Waals surface area (Å²) < 4.78 is 1.85. The van der Waals surface area contributed by atoms with Crippen molar-refractivity contribution in [3.63, 3.8) is 0 Å². The Kier molecular flexibility index (Phi) is 2.48. The number of aryl methyl sites for hydroxylation is 1. The van der Waals surface area contributed by atoms with Gasteiger partial charge in [0.2, 0.25) is 0 Å². The van der Waals surface area contributed by atoms with Crippen LogP contribution in [0.15, 0.2) is 18.5 Å². The van der Waals surface area contributed by atoms with E-state index in [-0.39, 0.29) is 6.10 Å². The fourth-order valence-corrected chi connectivity index (χ4v) is 2.42. The van der Waals surface area contributed by atoms with E-state index in [0.717, 1.165) is 36.4 Å². The number of hydrogen-bond acceptors (Lipinski definition) is 4. The predicted molar refractivity (Wildman–Crippen MR) is 65.2 cm³/mol. The van der Waals surface area contributed by atoms with Crippen LogP contribution in [-0.4, -0.2) is 38.9 Å². The fourth-order valence-electron chi connectivity index (χ4n) is 2.42. The van der Waals surface area contributed by atoms with Crippen molar-refractivity contribution in [3.8, 4) is 0 Å². The van der Waals surface area contributed by atoms with Crippen molar-refractivity contribution in [2.24, 2.45) is 0 Å². The van der Waals surface area contributed by atoms with Gasteiger partial charge in [-0.3, -0.25) is 0 Å². The molecule has 5 nitrogen and oxygen atoms in total. The quantitative estimate of drug-likeness (QED) is 0.797. The number of rotatable bonds is 1. The Hall–Kier alpha value is -1.62. The van der Waals surface area contributed by atoms with Crippen molar-refractivity contribution >= 4 is 11.3 Å². The highest BCUT2D eigenvalue weighted by Gasteiger charge is 2.20. The molecule has 2 aromatic rings. The zero-order valence-electron chi connectivity index (χ0n) is 9.87. The van der Waals surface area contributed by atoms with E-state index in [1.807, 2.05) is 23.7 Å². The molecule has 0 spiro atoms. The normalized spacial score (nSPS) is 21.1. The lowest BCUT2D eigenvalue weighted by atomic mass is 10.1. The third-order valence-electron chi connectivity index (χ3n) is 3.19. The predicted octanol–water partition coefficient (Wildman–Crippen LogP) is 0.999. The molecule has 0 bridgehead atoms. The number of nitrogens with zero attached hydrogens (tertiary/aromatic N) is 4. The van der Waals surface area contributed by atoms with Gasteiger partial charge in [-0.2, -0.15) is 5.10 Å². The summed E-state index contributed by atoms with van der Waals surface area (Å²) in [6.45, 7) is 3.59. The van der Waals surface area contributed by atoms with Crippen molar-refractivity contribution < 1.29 is 5.11 Å². The Balaban J connectivity index is 2.04. The van der Waals surface area contributed by atoms with E-state index in [2.05, 4.69) is 15.0 Å². The van der Waals surface area contributed by atoms with Crippen molar-refractivity contribution in [2.45, 2.75) is 25.9 Å². The van der Waals surface area contributed by atoms with Crippen LogP contribution in [0.5, 0.6) is 0 Å². The lowest BCUT2D eigenvalue weighted by Crippen LogP contribution is -2.38. The van der Waals surface area contributed by atoms with Crippen LogP contribution in [0.2, 0.25) is 0 Å². The van der Waals surface area contributed by atoms with Crippen molar-refractivity contribution in [1.29, 1.82) is 0 Å². The van der Waals surface area contributed by atoms with Crippen LogP contribution in [0.25, 0.3) is 5.52 Å². The maximum Gasteiger partial charge on any atom is 0.154 e. The molecule has 1 aliphatic heterocycles. The largest absolute Gasteiger partial charge is 0.391 e. The van der Waals surface area contributed by atoms with Gasteiger partial charge in [0.1, 0.15) is 5.52 Å². The molecule has 1 aliphatic rings. The molecule has 3 rings (SSSR count). The second-order valence-corrected chi connectivity index (χ2v) is 4.61. The first kappa shape index (κ1) is 10.5. The van der Waals surface area contributed by atoms with E-state index < -0.39 is 0 Å². The number of β-amino-alcohol motifs (C(OH)–C–C–N with tert-alkyl or cyclic N) is 1. The minimum Gasteiger partial charge on any atom is -0.391 e. The highest BCUT2D eigenvalue weighted by Crippen LogP contribution is 2.23. The van der Waals surface area contributed by atoms with Gasteiger partial charge in [-0.25, -0.2) is 9.50 Å². The van der Waals surface area contributed by atoms with Gasteiger partial charge in [-0.1, -0.05) is 0 Å². The first-order valence-electron chi connectivity index (χ1n) is 5.98. The summed E-state index contributed by atoms with van der Waals surface area (Å²) in [6, 6.07) is 2.03. The average Bonchev–Trinajstić information content (AvgIpc) is 2.68. The SMILES string of the molecule is Cc1cc2c(N3CCCC(O)C3)nccn2n1. The lowest BCUT2D eigenvalue weighted by molar-refractivity contribution is 0.154. The molecule has 3 heterocycles. The molecule has 17 heavy (non-hydrogen) atoms. The first-order valence-corrected chi connectivity index (χ1v) is 5.98. The van der Waals surface area contributed by atoms with Crippen LogP contribution in [0.4, 0.5) is 5.82 Å². The number of aromatic nitrogens is 3. The molecule has 0 amide bonds. The lowest BCUT2D eigenvalue weighted by Gasteiger charge is -2.31. The van der Waals surface area contributed by atoms with Gasteiger partial charge >= 0.3 is 0 Å². The van der Waals surface area contributed by atoms with E-state index in [0.29, 0.717) is 6.54 Å². The van der Waals surface area contributed by atoms with Crippen molar-refractivity contribution in [1.82, 2.24) is 14.6 Å². The minimum absolute atomic E-state index is 0.241. The first-order chi connectivity index (χ1) is 8.24. The monoisotopic (exact) mass is 232 g/mol. The van der Waals surface area contributed by atoms with Gasteiger partial charge in [-0.05, 0) is 25.8 Å². The Morgan fingerprint density at radius 3 is 3.18 bits per heavy atom. The molecule has 90 valence electrons. The summed E-state index contributed by atoms with van der Waals surface area (Å²) in [6.07, 6.45) is 5.27. The number of aliphatic hydroxyl groups excluding tert-OH is 1. The molecular weight excluding hydrogens is 216 g/mol. The number of hydrogen-bond donors (Lipinski definition) is 1. The molecular formula is C12H16N4O. The summed E-state index contributed by atoms with van der Waals surface area (Å²) in [5.74, 6) is 0.923. The molecule has 0 aliphatic carbocycles. The van der Waals surface area contributed by atoms with Crippen molar-refractivity contribution in [3.05, 3.63) is 24.2 Å². The molecule has 1 fully saturated rings. The Morgan fingerprint density at radius 1 is 1.47 bits per heavy atom. The summed E-state index contributed by atoms with van der Waals surface area (Å²) in [5, 5.41) is 14.1. The van der Waals surface area contributed by atoms with Gasteiger partial charge in [0.05, 0.1) is 11.8 Å². The zero-order valence-corrected chi connectivity index (χ0v) is 9.87. The van der Waals surface area contributed by atoms with E-state index in [4.69, 9.17) is 0 Å². The number of fused-ring (bicyclic) bond motifs is 1. The average molecular weight is 232 g/mol. The number of aliphatic hydroxyl groups is 1. The second kappa shape index (κ2) is 4.00. The zero-order chi connectivity index (χ0) is 11.8. The van der Waals surface area contributed by atoms with Gasteiger partial charge in [0, 0.05) is 25.5 Å². The number of anilines is 1. The third kappa shape index (κ3) is 1.86. The summed E-state index contributed by atoms with van der Waals surface area (Å²) in [4.78, 5) is 6.58. The van der Waals surface area contributed by atoms with E-state index in [9.17, 15) is 5.11 Å². The standard InChI is InChI=1S/C12H16N4O/c1-9-7-11-12(13-4-6-16(11)14-9)15-5-2-3-10(17)8-15/h4,6-7,10,17H,2-3,5,8H2,1H3. The van der Waals surface area contributed by atoms with Crippen LogP contribution in [0.1, 0.15) is 18.5 Å². The molecule has 5 heteroatoms. The third-order valence-corrected chi connectivity index (χ3v) is 3.19. The molecule has 0 aromatic carbocycles. The summed E-state index contributed by atoms with van der Waals surface area (Å²) >= 11 is 0. The van der Waals surface area contributed by atoms with Crippen LogP contribution in [-0.2, 0) is 0 Å².